The van der Waals surface area contributed by atoms with Crippen molar-refractivity contribution in [1.82, 2.24) is 0 Å². The Morgan fingerprint density at radius 3 is 2.34 bits per heavy atom. The number of rotatable bonds is 2. The van der Waals surface area contributed by atoms with Crippen LogP contribution < -0.4 is 0 Å². The summed E-state index contributed by atoms with van der Waals surface area (Å²) in [7, 11) is 0. The number of aliphatic carboxylic acids is 1. The van der Waals surface area contributed by atoms with Gasteiger partial charge in [0.2, 0.25) is 0 Å². The molecular weight excluding hydrogens is 440 g/mol. The molecule has 0 unspecified atom stereocenters. The van der Waals surface area contributed by atoms with E-state index in [1.807, 2.05) is 6.92 Å². The highest BCUT2D eigenvalue weighted by atomic mass is 16.4. The summed E-state index contributed by atoms with van der Waals surface area (Å²) >= 11 is 0. The zero-order chi connectivity index (χ0) is 25.8. The number of allylic oxidation sites excluding steroid dienone is 2. The number of carbonyl (C=O) groups excluding carboxylic acids is 1. The van der Waals surface area contributed by atoms with Crippen molar-refractivity contribution in [3.05, 3.63) is 11.6 Å². The van der Waals surface area contributed by atoms with Crippen molar-refractivity contribution < 1.29 is 24.9 Å². The number of fused-ring (bicyclic) bond motifs is 7. The van der Waals surface area contributed by atoms with E-state index < -0.39 is 28.3 Å². The van der Waals surface area contributed by atoms with E-state index in [9.17, 15) is 24.9 Å². The summed E-state index contributed by atoms with van der Waals surface area (Å²) in [4.78, 5) is 26.6. The summed E-state index contributed by atoms with van der Waals surface area (Å²) in [5.74, 6) is 0.473. The van der Waals surface area contributed by atoms with Gasteiger partial charge in [-0.1, -0.05) is 53.2 Å². The van der Waals surface area contributed by atoms with E-state index in [0.29, 0.717) is 18.3 Å². The average Bonchev–Trinajstić information content (AvgIpc) is 2.80. The molecule has 4 saturated carbocycles. The number of carboxylic acids is 1. The topological polar surface area (TPSA) is 94.8 Å². The summed E-state index contributed by atoms with van der Waals surface area (Å²) < 4.78 is 0. The number of hydrogen-bond donors (Lipinski definition) is 3. The molecule has 0 spiro atoms. The molecular formula is C30H46O5. The molecule has 5 aliphatic rings. The Labute approximate surface area is 210 Å². The first-order chi connectivity index (χ1) is 16.2. The van der Waals surface area contributed by atoms with Crippen LogP contribution >= 0.6 is 0 Å². The predicted molar refractivity (Wildman–Crippen MR) is 134 cm³/mol. The molecule has 0 aromatic rings. The van der Waals surface area contributed by atoms with Crippen LogP contribution in [0, 0.1) is 56.7 Å². The van der Waals surface area contributed by atoms with Gasteiger partial charge in [-0.05, 0) is 85.4 Å². The number of aliphatic hydroxyl groups is 2. The van der Waals surface area contributed by atoms with Crippen LogP contribution in [-0.2, 0) is 9.59 Å². The molecule has 0 aliphatic heterocycles. The van der Waals surface area contributed by atoms with Gasteiger partial charge in [0.1, 0.15) is 5.78 Å². The number of carbonyl (C=O) groups is 2. The summed E-state index contributed by atoms with van der Waals surface area (Å²) in [5.41, 5.74) is -0.845. The fourth-order valence-electron chi connectivity index (χ4n) is 10.6. The maximum Gasteiger partial charge on any atom is 0.310 e. The summed E-state index contributed by atoms with van der Waals surface area (Å²) in [6, 6.07) is 0. The van der Waals surface area contributed by atoms with E-state index in [4.69, 9.17) is 0 Å². The second-order valence-electron chi connectivity index (χ2n) is 14.2. The number of carboxylic acid groups (broad SMARTS) is 1. The maximum absolute atomic E-state index is 13.7. The van der Waals surface area contributed by atoms with Gasteiger partial charge in [-0.2, -0.15) is 0 Å². The predicted octanol–water partition coefficient (Wildman–Crippen LogP) is 5.24. The quantitative estimate of drug-likeness (QED) is 0.464. The first kappa shape index (κ1) is 25.4. The molecule has 0 aromatic heterocycles. The van der Waals surface area contributed by atoms with Gasteiger partial charge >= 0.3 is 5.97 Å². The highest BCUT2D eigenvalue weighted by Crippen LogP contribution is 2.75. The Bertz CT molecular complexity index is 972. The molecule has 4 fully saturated rings. The van der Waals surface area contributed by atoms with Crippen LogP contribution in [-0.4, -0.2) is 39.8 Å². The van der Waals surface area contributed by atoms with E-state index in [0.717, 1.165) is 38.5 Å². The number of aliphatic hydroxyl groups excluding tert-OH is 2. The third-order valence-electron chi connectivity index (χ3n) is 13.4. The van der Waals surface area contributed by atoms with Gasteiger partial charge in [-0.3, -0.25) is 9.59 Å². The van der Waals surface area contributed by atoms with Crippen molar-refractivity contribution in [3.8, 4) is 0 Å². The second-order valence-corrected chi connectivity index (χ2v) is 14.2. The van der Waals surface area contributed by atoms with E-state index in [2.05, 4.69) is 40.7 Å². The van der Waals surface area contributed by atoms with Crippen LogP contribution in [0.1, 0.15) is 92.9 Å². The smallest absolute Gasteiger partial charge is 0.310 e. The van der Waals surface area contributed by atoms with Gasteiger partial charge in [0.25, 0.3) is 0 Å². The lowest BCUT2D eigenvalue weighted by molar-refractivity contribution is -0.212. The number of ketones is 1. The van der Waals surface area contributed by atoms with Crippen LogP contribution in [0.2, 0.25) is 0 Å². The van der Waals surface area contributed by atoms with Gasteiger partial charge in [-0.15, -0.1) is 0 Å². The Morgan fingerprint density at radius 1 is 1.03 bits per heavy atom. The van der Waals surface area contributed by atoms with Crippen molar-refractivity contribution in [1.29, 1.82) is 0 Å². The van der Waals surface area contributed by atoms with Crippen molar-refractivity contribution >= 4 is 11.8 Å². The second kappa shape index (κ2) is 7.66. The minimum atomic E-state index is -0.803. The van der Waals surface area contributed by atoms with Gasteiger partial charge in [0.05, 0.1) is 18.1 Å². The molecule has 0 heterocycles. The molecule has 35 heavy (non-hydrogen) atoms. The molecule has 5 heteroatoms. The van der Waals surface area contributed by atoms with E-state index in [1.54, 1.807) is 0 Å². The molecule has 0 aromatic carbocycles. The largest absolute Gasteiger partial charge is 0.481 e. The number of Topliss-reactive ketones (excluding diaryl/α,β-unsaturated/α-hetero) is 1. The Balaban J connectivity index is 1.64. The van der Waals surface area contributed by atoms with Gasteiger partial charge in [0, 0.05) is 17.3 Å². The molecule has 3 N–H and O–H groups in total. The zero-order valence-electron chi connectivity index (χ0n) is 22.6. The van der Waals surface area contributed by atoms with Crippen LogP contribution in [0.15, 0.2) is 11.6 Å². The minimum Gasteiger partial charge on any atom is -0.481 e. The monoisotopic (exact) mass is 486 g/mol. The average molecular weight is 487 g/mol. The molecule has 5 rings (SSSR count). The third kappa shape index (κ3) is 2.83. The zero-order valence-corrected chi connectivity index (χ0v) is 22.6. The molecule has 0 bridgehead atoms. The molecule has 0 radical (unpaired) electrons. The first-order valence-electron chi connectivity index (χ1n) is 14.0. The van der Waals surface area contributed by atoms with E-state index in [-0.39, 0.29) is 47.4 Å². The van der Waals surface area contributed by atoms with Crippen molar-refractivity contribution in [2.24, 2.45) is 56.7 Å². The molecule has 11 atom stereocenters. The Hall–Kier alpha value is -1.20. The lowest BCUT2D eigenvalue weighted by Gasteiger charge is -2.70. The molecule has 196 valence electrons. The first-order valence-corrected chi connectivity index (χ1v) is 14.0. The Kier molecular flexibility index (Phi) is 5.57. The van der Waals surface area contributed by atoms with E-state index >= 15 is 0 Å². The maximum atomic E-state index is 13.7. The van der Waals surface area contributed by atoms with Crippen LogP contribution in [0.5, 0.6) is 0 Å². The van der Waals surface area contributed by atoms with Crippen molar-refractivity contribution in [2.45, 2.75) is 99.0 Å². The normalized spacial score (nSPS) is 55.7. The van der Waals surface area contributed by atoms with Crippen LogP contribution in [0.4, 0.5) is 0 Å². The summed E-state index contributed by atoms with van der Waals surface area (Å²) in [6.07, 6.45) is 7.51. The van der Waals surface area contributed by atoms with Crippen molar-refractivity contribution in [2.75, 3.05) is 6.61 Å². The highest BCUT2D eigenvalue weighted by molar-refractivity contribution is 5.87. The van der Waals surface area contributed by atoms with E-state index in [1.165, 1.54) is 5.57 Å². The number of hydrogen-bond acceptors (Lipinski definition) is 4. The molecule has 0 saturated heterocycles. The van der Waals surface area contributed by atoms with Gasteiger partial charge in [0.15, 0.2) is 0 Å². The van der Waals surface area contributed by atoms with Gasteiger partial charge < -0.3 is 15.3 Å². The standard InChI is InChI=1S/C30H46O5/c1-17-9-12-30(25(34)35)14-13-27(4)19(24(30)18(17)2)7-8-21-28(27,5)11-10-20-26(3,16-31)22(32)15-23(33)29(20,21)6/h7,17-18,20-22,24,31-32H,8-16H2,1-6H3,(H,34,35)/t17-,18+,20+,21+,22+,24+,26+,27-,28-,29+,30+/m1/s1. The van der Waals surface area contributed by atoms with Crippen LogP contribution in [0.25, 0.3) is 0 Å². The third-order valence-corrected chi connectivity index (χ3v) is 13.4. The summed E-state index contributed by atoms with van der Waals surface area (Å²) in [6.45, 7) is 13.3. The van der Waals surface area contributed by atoms with Gasteiger partial charge in [-0.25, -0.2) is 0 Å². The van der Waals surface area contributed by atoms with Crippen LogP contribution in [0.3, 0.4) is 0 Å². The minimum absolute atomic E-state index is 0.0526. The summed E-state index contributed by atoms with van der Waals surface area (Å²) in [5, 5.41) is 31.8. The fraction of sp³-hybridized carbons (Fsp3) is 0.867. The van der Waals surface area contributed by atoms with Crippen molar-refractivity contribution in [3.63, 3.8) is 0 Å². The lowest BCUT2D eigenvalue weighted by Crippen LogP contribution is -2.68. The lowest BCUT2D eigenvalue weighted by atomic mass is 9.33. The SMILES string of the molecule is C[C@H]1[C@H](C)CC[C@]2(C(=O)O)CC[C@]3(C)C(=CC[C@@H]4[C@@]5(C)C(=O)C[C@H](O)[C@@](C)(CO)[C@@H]5CC[C@]43C)[C@H]12. The Morgan fingerprint density at radius 2 is 1.71 bits per heavy atom. The fourth-order valence-corrected chi connectivity index (χ4v) is 10.6. The molecule has 5 aliphatic carbocycles. The molecule has 0 amide bonds. The highest BCUT2D eigenvalue weighted by Gasteiger charge is 2.71. The molecule has 5 nitrogen and oxygen atoms in total.